The number of hydrogen-bond acceptors (Lipinski definition) is 2. The predicted molar refractivity (Wildman–Crippen MR) is 90.8 cm³/mol. The monoisotopic (exact) mass is 354 g/mol. The van der Waals surface area contributed by atoms with Gasteiger partial charge >= 0.3 is 0 Å². The largest absolute Gasteiger partial charge is 0.496 e. The molecule has 0 aliphatic heterocycles. The normalized spacial score (nSPS) is 26.7. The van der Waals surface area contributed by atoms with Crippen LogP contribution in [0, 0.1) is 11.3 Å². The van der Waals surface area contributed by atoms with Gasteiger partial charge in [0.25, 0.3) is 0 Å². The fraction of sp³-hybridized carbons (Fsp3) is 0.667. The molecule has 0 amide bonds. The number of methoxy groups -OCH3 is 1. The van der Waals surface area contributed by atoms with Gasteiger partial charge in [-0.05, 0) is 57.8 Å². The first-order valence-electron chi connectivity index (χ1n) is 7.81. The van der Waals surface area contributed by atoms with Crippen LogP contribution >= 0.6 is 15.9 Å². The quantitative estimate of drug-likeness (QED) is 0.830. The van der Waals surface area contributed by atoms with Gasteiger partial charge in [-0.1, -0.05) is 39.7 Å². The van der Waals surface area contributed by atoms with Crippen molar-refractivity contribution < 1.29 is 9.84 Å². The second-order valence-electron chi connectivity index (χ2n) is 7.41. The second-order valence-corrected chi connectivity index (χ2v) is 8.27. The van der Waals surface area contributed by atoms with E-state index in [0.717, 1.165) is 35.9 Å². The molecule has 3 heteroatoms. The van der Waals surface area contributed by atoms with E-state index in [9.17, 15) is 5.11 Å². The third-order valence-electron chi connectivity index (χ3n) is 4.77. The van der Waals surface area contributed by atoms with Crippen molar-refractivity contribution in [1.82, 2.24) is 0 Å². The van der Waals surface area contributed by atoms with Crippen LogP contribution in [0.3, 0.4) is 0 Å². The summed E-state index contributed by atoms with van der Waals surface area (Å²) >= 11 is 3.54. The Hall–Kier alpha value is -0.540. The van der Waals surface area contributed by atoms with Crippen molar-refractivity contribution >= 4 is 15.9 Å². The Morgan fingerprint density at radius 3 is 2.62 bits per heavy atom. The van der Waals surface area contributed by atoms with Crippen LogP contribution in [0.15, 0.2) is 22.7 Å². The summed E-state index contributed by atoms with van der Waals surface area (Å²) < 4.78 is 6.23. The van der Waals surface area contributed by atoms with Crippen molar-refractivity contribution in [2.24, 2.45) is 11.3 Å². The molecule has 1 aromatic rings. The predicted octanol–water partition coefficient (Wildman–Crippen LogP) is 4.97. The molecule has 2 nitrogen and oxygen atoms in total. The molecule has 1 aromatic carbocycles. The van der Waals surface area contributed by atoms with Crippen LogP contribution in [-0.2, 0) is 6.42 Å². The highest BCUT2D eigenvalue weighted by Gasteiger charge is 2.44. The van der Waals surface area contributed by atoms with Crippen LogP contribution in [-0.4, -0.2) is 17.8 Å². The van der Waals surface area contributed by atoms with Gasteiger partial charge < -0.3 is 9.84 Å². The Kier molecular flexibility index (Phi) is 5.04. The Bertz CT molecular complexity index is 492. The number of halogens is 1. The second kappa shape index (κ2) is 6.29. The Morgan fingerprint density at radius 1 is 1.33 bits per heavy atom. The van der Waals surface area contributed by atoms with Gasteiger partial charge in [0.1, 0.15) is 5.75 Å². The fourth-order valence-electron chi connectivity index (χ4n) is 3.85. The molecule has 118 valence electrons. The highest BCUT2D eigenvalue weighted by Crippen LogP contribution is 2.46. The summed E-state index contributed by atoms with van der Waals surface area (Å²) in [6.07, 6.45) is 5.10. The van der Waals surface area contributed by atoms with E-state index < -0.39 is 5.60 Å². The molecule has 0 bridgehead atoms. The molecular formula is C18H27BrO2. The van der Waals surface area contributed by atoms with Gasteiger partial charge in [-0.3, -0.25) is 0 Å². The number of rotatable bonds is 3. The first-order chi connectivity index (χ1) is 9.76. The van der Waals surface area contributed by atoms with Crippen LogP contribution in [0.25, 0.3) is 0 Å². The number of hydrogen-bond donors (Lipinski definition) is 1. The molecule has 1 N–H and O–H groups in total. The average Bonchev–Trinajstić information content (AvgIpc) is 2.37. The average molecular weight is 355 g/mol. The molecule has 1 aliphatic carbocycles. The lowest BCUT2D eigenvalue weighted by Crippen LogP contribution is -2.48. The minimum absolute atomic E-state index is 0.138. The smallest absolute Gasteiger partial charge is 0.133 e. The highest BCUT2D eigenvalue weighted by atomic mass is 79.9. The lowest BCUT2D eigenvalue weighted by atomic mass is 9.62. The number of ether oxygens (including phenoxy) is 1. The standard InChI is InChI=1S/C18H27BrO2/c1-17(2,3)16-7-5-6-10-18(16,20)12-13-8-9-15(21-4)14(19)11-13/h8-9,11,16,20H,5-7,10,12H2,1-4H3. The molecular weight excluding hydrogens is 328 g/mol. The van der Waals surface area contributed by atoms with Gasteiger partial charge in [-0.15, -0.1) is 0 Å². The SMILES string of the molecule is COc1ccc(CC2(O)CCCCC2C(C)(C)C)cc1Br. The lowest BCUT2D eigenvalue weighted by molar-refractivity contribution is -0.0889. The summed E-state index contributed by atoms with van der Waals surface area (Å²) in [5.41, 5.74) is 0.713. The van der Waals surface area contributed by atoms with Crippen molar-refractivity contribution in [3.05, 3.63) is 28.2 Å². The van der Waals surface area contributed by atoms with Gasteiger partial charge in [0.05, 0.1) is 17.2 Å². The van der Waals surface area contributed by atoms with Gasteiger partial charge in [0.2, 0.25) is 0 Å². The molecule has 21 heavy (non-hydrogen) atoms. The summed E-state index contributed by atoms with van der Waals surface area (Å²) in [6, 6.07) is 6.11. The lowest BCUT2D eigenvalue weighted by Gasteiger charge is -2.47. The van der Waals surface area contributed by atoms with E-state index in [0.29, 0.717) is 5.92 Å². The molecule has 0 spiro atoms. The van der Waals surface area contributed by atoms with Crippen LogP contribution in [0.2, 0.25) is 0 Å². The molecule has 1 aliphatic rings. The summed E-state index contributed by atoms with van der Waals surface area (Å²) in [6.45, 7) is 6.74. The minimum atomic E-state index is -0.593. The summed E-state index contributed by atoms with van der Waals surface area (Å²) in [7, 11) is 1.67. The van der Waals surface area contributed by atoms with Crippen molar-refractivity contribution in [3.8, 4) is 5.75 Å². The van der Waals surface area contributed by atoms with Crippen LogP contribution in [0.1, 0.15) is 52.0 Å². The molecule has 0 saturated heterocycles. The van der Waals surface area contributed by atoms with Crippen LogP contribution < -0.4 is 4.74 Å². The third kappa shape index (κ3) is 3.81. The number of benzene rings is 1. The number of aliphatic hydroxyl groups is 1. The molecule has 2 atom stereocenters. The minimum Gasteiger partial charge on any atom is -0.496 e. The fourth-order valence-corrected chi connectivity index (χ4v) is 4.43. The van der Waals surface area contributed by atoms with Crippen molar-refractivity contribution in [3.63, 3.8) is 0 Å². The van der Waals surface area contributed by atoms with E-state index in [1.54, 1.807) is 7.11 Å². The van der Waals surface area contributed by atoms with E-state index in [4.69, 9.17) is 4.74 Å². The van der Waals surface area contributed by atoms with E-state index >= 15 is 0 Å². The van der Waals surface area contributed by atoms with Crippen LogP contribution in [0.5, 0.6) is 5.75 Å². The van der Waals surface area contributed by atoms with E-state index in [-0.39, 0.29) is 5.41 Å². The topological polar surface area (TPSA) is 29.5 Å². The van der Waals surface area contributed by atoms with Crippen LogP contribution in [0.4, 0.5) is 0 Å². The Labute approximate surface area is 137 Å². The zero-order valence-electron chi connectivity index (χ0n) is 13.6. The molecule has 2 unspecified atom stereocenters. The molecule has 1 saturated carbocycles. The van der Waals surface area contributed by atoms with Gasteiger partial charge in [-0.25, -0.2) is 0 Å². The maximum atomic E-state index is 11.3. The van der Waals surface area contributed by atoms with Crippen molar-refractivity contribution in [2.75, 3.05) is 7.11 Å². The van der Waals surface area contributed by atoms with Crippen molar-refractivity contribution in [2.45, 2.75) is 58.5 Å². The summed E-state index contributed by atoms with van der Waals surface area (Å²) in [5.74, 6) is 1.18. The molecule has 0 heterocycles. The van der Waals surface area contributed by atoms with Gasteiger partial charge in [-0.2, -0.15) is 0 Å². The van der Waals surface area contributed by atoms with E-state index in [1.165, 1.54) is 12.0 Å². The van der Waals surface area contributed by atoms with Crippen molar-refractivity contribution in [1.29, 1.82) is 0 Å². The molecule has 2 rings (SSSR count). The zero-order chi connectivity index (χ0) is 15.7. The first kappa shape index (κ1) is 16.8. The highest BCUT2D eigenvalue weighted by molar-refractivity contribution is 9.10. The Morgan fingerprint density at radius 2 is 2.05 bits per heavy atom. The maximum Gasteiger partial charge on any atom is 0.133 e. The summed E-state index contributed by atoms with van der Waals surface area (Å²) in [4.78, 5) is 0. The van der Waals surface area contributed by atoms with Gasteiger partial charge in [0.15, 0.2) is 0 Å². The van der Waals surface area contributed by atoms with E-state index in [1.807, 2.05) is 6.07 Å². The molecule has 1 fully saturated rings. The molecule has 0 aromatic heterocycles. The zero-order valence-corrected chi connectivity index (χ0v) is 15.2. The van der Waals surface area contributed by atoms with E-state index in [2.05, 4.69) is 48.8 Å². The third-order valence-corrected chi connectivity index (χ3v) is 5.39. The Balaban J connectivity index is 2.24. The van der Waals surface area contributed by atoms with Gasteiger partial charge in [0, 0.05) is 6.42 Å². The maximum absolute atomic E-state index is 11.3. The first-order valence-corrected chi connectivity index (χ1v) is 8.60. The summed E-state index contributed by atoms with van der Waals surface area (Å²) in [5, 5.41) is 11.3. The molecule has 0 radical (unpaired) electrons.